The first-order chi connectivity index (χ1) is 11.6. The Balaban J connectivity index is 1.98. The van der Waals surface area contributed by atoms with Crippen LogP contribution in [0.15, 0.2) is 29.6 Å². The maximum Gasteiger partial charge on any atom is 0.238 e. The second kappa shape index (κ2) is 9.52. The van der Waals surface area contributed by atoms with Crippen molar-refractivity contribution in [3.8, 4) is 11.3 Å². The van der Waals surface area contributed by atoms with Gasteiger partial charge in [0, 0.05) is 23.2 Å². The third kappa shape index (κ3) is 5.70. The Morgan fingerprint density at radius 1 is 1.38 bits per heavy atom. The molecule has 0 spiro atoms. The van der Waals surface area contributed by atoms with Crippen molar-refractivity contribution in [2.75, 3.05) is 31.6 Å². The van der Waals surface area contributed by atoms with Gasteiger partial charge in [0.05, 0.1) is 23.9 Å². The molecule has 6 heteroatoms. The summed E-state index contributed by atoms with van der Waals surface area (Å²) in [6.07, 6.45) is 2.09. The van der Waals surface area contributed by atoms with Gasteiger partial charge in [-0.25, -0.2) is 4.98 Å². The third-order valence-corrected chi connectivity index (χ3v) is 4.45. The highest BCUT2D eigenvalue weighted by Crippen LogP contribution is 2.24. The number of rotatable bonds is 9. The number of aromatic nitrogens is 1. The molecule has 0 fully saturated rings. The number of aliphatic hydroxyl groups excluding tert-OH is 1. The molecule has 1 heterocycles. The van der Waals surface area contributed by atoms with Crippen LogP contribution in [0.5, 0.6) is 0 Å². The molecule has 0 aliphatic carbocycles. The lowest BCUT2D eigenvalue weighted by molar-refractivity contribution is -0.117. The molecule has 2 rings (SSSR count). The molecule has 0 aliphatic heterocycles. The van der Waals surface area contributed by atoms with Crippen LogP contribution < -0.4 is 5.32 Å². The molecule has 0 atom stereocenters. The Kier molecular flexibility index (Phi) is 7.36. The number of unbranched alkanes of at least 4 members (excludes halogenated alkanes) is 1. The van der Waals surface area contributed by atoms with Gasteiger partial charge >= 0.3 is 0 Å². The quantitative estimate of drug-likeness (QED) is 0.731. The third-order valence-electron chi connectivity index (χ3n) is 3.67. The van der Waals surface area contributed by atoms with E-state index in [2.05, 4.69) is 17.2 Å². The fourth-order valence-electron chi connectivity index (χ4n) is 2.45. The fraction of sp³-hybridized carbons (Fsp3) is 0.444. The summed E-state index contributed by atoms with van der Waals surface area (Å²) in [5, 5.41) is 15.1. The summed E-state index contributed by atoms with van der Waals surface area (Å²) >= 11 is 1.61. The van der Waals surface area contributed by atoms with E-state index in [0.717, 1.165) is 41.3 Å². The Labute approximate surface area is 147 Å². The minimum Gasteiger partial charge on any atom is -0.395 e. The Morgan fingerprint density at radius 2 is 2.21 bits per heavy atom. The minimum atomic E-state index is -0.0637. The van der Waals surface area contributed by atoms with Crippen LogP contribution in [0.4, 0.5) is 5.69 Å². The summed E-state index contributed by atoms with van der Waals surface area (Å²) in [6, 6.07) is 7.73. The number of aliphatic hydroxyl groups is 1. The van der Waals surface area contributed by atoms with Crippen LogP contribution in [0.25, 0.3) is 11.3 Å². The SMILES string of the molecule is CCCCN(CCO)CC(=O)Nc1cccc(-c2csc(C)n2)c1. The number of hydrogen-bond acceptors (Lipinski definition) is 5. The van der Waals surface area contributed by atoms with E-state index < -0.39 is 0 Å². The number of carbonyl (C=O) groups excluding carboxylic acids is 1. The van der Waals surface area contributed by atoms with Crippen LogP contribution in [-0.2, 0) is 4.79 Å². The standard InChI is InChI=1S/C18H25N3O2S/c1-3-4-8-21(9-10-22)12-18(23)20-16-7-5-6-15(11-16)17-13-24-14(2)19-17/h5-7,11,13,22H,3-4,8-10,12H2,1-2H3,(H,20,23). The van der Waals surface area contributed by atoms with E-state index in [4.69, 9.17) is 5.11 Å². The van der Waals surface area contributed by atoms with Gasteiger partial charge in [-0.1, -0.05) is 25.5 Å². The van der Waals surface area contributed by atoms with Crippen LogP contribution in [0, 0.1) is 6.92 Å². The van der Waals surface area contributed by atoms with Crippen molar-refractivity contribution in [2.45, 2.75) is 26.7 Å². The molecule has 0 aliphatic rings. The number of anilines is 1. The van der Waals surface area contributed by atoms with Gasteiger partial charge in [0.15, 0.2) is 0 Å². The van der Waals surface area contributed by atoms with E-state index in [1.807, 2.05) is 41.5 Å². The Hall–Kier alpha value is -1.76. The largest absolute Gasteiger partial charge is 0.395 e. The summed E-state index contributed by atoms with van der Waals surface area (Å²) in [7, 11) is 0. The molecular formula is C18H25N3O2S. The number of hydrogen-bond donors (Lipinski definition) is 2. The Morgan fingerprint density at radius 3 is 2.88 bits per heavy atom. The lowest BCUT2D eigenvalue weighted by Crippen LogP contribution is -2.35. The molecule has 24 heavy (non-hydrogen) atoms. The highest BCUT2D eigenvalue weighted by atomic mass is 32.1. The van der Waals surface area contributed by atoms with Crippen molar-refractivity contribution in [1.82, 2.24) is 9.88 Å². The van der Waals surface area contributed by atoms with Gasteiger partial charge in [0.2, 0.25) is 5.91 Å². The van der Waals surface area contributed by atoms with Crippen molar-refractivity contribution < 1.29 is 9.90 Å². The molecule has 2 aromatic rings. The first-order valence-corrected chi connectivity index (χ1v) is 9.16. The number of aryl methyl sites for hydroxylation is 1. The molecule has 1 amide bonds. The predicted octanol–water partition coefficient (Wildman–Crippen LogP) is 3.15. The van der Waals surface area contributed by atoms with Gasteiger partial charge < -0.3 is 10.4 Å². The first-order valence-electron chi connectivity index (χ1n) is 8.28. The highest BCUT2D eigenvalue weighted by molar-refractivity contribution is 7.09. The van der Waals surface area contributed by atoms with Crippen LogP contribution in [0.1, 0.15) is 24.8 Å². The fourth-order valence-corrected chi connectivity index (χ4v) is 3.07. The second-order valence-corrected chi connectivity index (χ2v) is 6.80. The summed E-state index contributed by atoms with van der Waals surface area (Å²) < 4.78 is 0. The molecule has 1 aromatic carbocycles. The summed E-state index contributed by atoms with van der Waals surface area (Å²) in [5.74, 6) is -0.0637. The van der Waals surface area contributed by atoms with Gasteiger partial charge in [-0.3, -0.25) is 9.69 Å². The summed E-state index contributed by atoms with van der Waals surface area (Å²) in [4.78, 5) is 18.7. The monoisotopic (exact) mass is 347 g/mol. The zero-order valence-corrected chi connectivity index (χ0v) is 15.1. The molecule has 130 valence electrons. The van der Waals surface area contributed by atoms with Crippen LogP contribution in [-0.4, -0.2) is 47.1 Å². The second-order valence-electron chi connectivity index (χ2n) is 5.73. The van der Waals surface area contributed by atoms with Crippen molar-refractivity contribution in [3.63, 3.8) is 0 Å². The van der Waals surface area contributed by atoms with Crippen molar-refractivity contribution in [3.05, 3.63) is 34.7 Å². The molecular weight excluding hydrogens is 322 g/mol. The van der Waals surface area contributed by atoms with Gasteiger partial charge in [-0.05, 0) is 32.0 Å². The number of nitrogens with zero attached hydrogens (tertiary/aromatic N) is 2. The Bertz CT molecular complexity index is 657. The van der Waals surface area contributed by atoms with Crippen molar-refractivity contribution >= 4 is 22.9 Å². The van der Waals surface area contributed by atoms with Crippen LogP contribution in [0.2, 0.25) is 0 Å². The molecule has 1 aromatic heterocycles. The topological polar surface area (TPSA) is 65.5 Å². The first kappa shape index (κ1) is 18.6. The molecule has 0 radical (unpaired) electrons. The van der Waals surface area contributed by atoms with E-state index in [9.17, 15) is 4.79 Å². The minimum absolute atomic E-state index is 0.0637. The van der Waals surface area contributed by atoms with E-state index in [1.165, 1.54) is 0 Å². The molecule has 0 unspecified atom stereocenters. The predicted molar refractivity (Wildman–Crippen MR) is 99.4 cm³/mol. The maximum absolute atomic E-state index is 12.3. The van der Waals surface area contributed by atoms with Gasteiger partial charge in [0.1, 0.15) is 0 Å². The average molecular weight is 347 g/mol. The summed E-state index contributed by atoms with van der Waals surface area (Å²) in [6.45, 7) is 5.79. The number of amides is 1. The van der Waals surface area contributed by atoms with E-state index in [-0.39, 0.29) is 12.5 Å². The lowest BCUT2D eigenvalue weighted by Gasteiger charge is -2.20. The maximum atomic E-state index is 12.3. The zero-order valence-electron chi connectivity index (χ0n) is 14.3. The van der Waals surface area contributed by atoms with Crippen LogP contribution >= 0.6 is 11.3 Å². The van der Waals surface area contributed by atoms with Gasteiger partial charge in [-0.2, -0.15) is 0 Å². The van der Waals surface area contributed by atoms with Crippen LogP contribution in [0.3, 0.4) is 0 Å². The zero-order chi connectivity index (χ0) is 17.4. The van der Waals surface area contributed by atoms with E-state index >= 15 is 0 Å². The van der Waals surface area contributed by atoms with Crippen molar-refractivity contribution in [1.29, 1.82) is 0 Å². The number of carbonyl (C=O) groups is 1. The normalized spacial score (nSPS) is 11.0. The summed E-state index contributed by atoms with van der Waals surface area (Å²) in [5.41, 5.74) is 2.69. The number of nitrogens with one attached hydrogen (secondary N) is 1. The number of benzene rings is 1. The van der Waals surface area contributed by atoms with Crippen molar-refractivity contribution in [2.24, 2.45) is 0 Å². The molecule has 0 bridgehead atoms. The van der Waals surface area contributed by atoms with E-state index in [1.54, 1.807) is 11.3 Å². The number of thiazole rings is 1. The van der Waals surface area contributed by atoms with Gasteiger partial charge in [-0.15, -0.1) is 11.3 Å². The molecule has 5 nitrogen and oxygen atoms in total. The average Bonchev–Trinajstić information content (AvgIpc) is 2.99. The van der Waals surface area contributed by atoms with E-state index in [0.29, 0.717) is 13.1 Å². The highest BCUT2D eigenvalue weighted by Gasteiger charge is 2.11. The molecule has 0 saturated carbocycles. The molecule has 0 saturated heterocycles. The lowest BCUT2D eigenvalue weighted by atomic mass is 10.1. The molecule has 2 N–H and O–H groups in total. The smallest absolute Gasteiger partial charge is 0.238 e. The van der Waals surface area contributed by atoms with Gasteiger partial charge in [0.25, 0.3) is 0 Å².